The molecule has 2 aliphatic carbocycles. The Morgan fingerprint density at radius 3 is 2.29 bits per heavy atom. The van der Waals surface area contributed by atoms with Crippen molar-refractivity contribution in [2.24, 2.45) is 0 Å². The molecular weight excluding hydrogens is 414 g/mol. The predicted molar refractivity (Wildman–Crippen MR) is 103 cm³/mol. The number of rotatable bonds is 0. The maximum Gasteiger partial charge on any atom is 2.00 e. The van der Waals surface area contributed by atoms with Crippen molar-refractivity contribution in [3.63, 3.8) is 0 Å². The summed E-state index contributed by atoms with van der Waals surface area (Å²) in [4.78, 5) is 0. The van der Waals surface area contributed by atoms with E-state index in [1.807, 2.05) is 18.2 Å². The van der Waals surface area contributed by atoms with Crippen LogP contribution in [0, 0.1) is 12.1 Å². The van der Waals surface area contributed by atoms with Crippen LogP contribution in [0.5, 0.6) is 0 Å². The van der Waals surface area contributed by atoms with Crippen molar-refractivity contribution in [3.05, 3.63) is 95.1 Å². The van der Waals surface area contributed by atoms with E-state index in [4.69, 9.17) is 0 Å². The molecular formula is C21H20Cl2Zr. The maximum absolute atomic E-state index is 3.30. The molecule has 4 rings (SSSR count). The molecule has 0 saturated heterocycles. The summed E-state index contributed by atoms with van der Waals surface area (Å²) in [5, 5.41) is 0. The van der Waals surface area contributed by atoms with E-state index in [1.54, 1.807) is 0 Å². The molecule has 3 heteroatoms. The molecule has 0 aliphatic heterocycles. The van der Waals surface area contributed by atoms with Crippen molar-refractivity contribution in [1.29, 1.82) is 0 Å². The minimum absolute atomic E-state index is 0. The number of benzene rings is 2. The van der Waals surface area contributed by atoms with Crippen LogP contribution in [0.15, 0.2) is 71.8 Å². The van der Waals surface area contributed by atoms with Gasteiger partial charge in [0, 0.05) is 0 Å². The van der Waals surface area contributed by atoms with Crippen LogP contribution < -0.4 is 0 Å². The molecule has 2 aliphatic rings. The normalized spacial score (nSPS) is 11.8. The molecule has 0 radical (unpaired) electrons. The van der Waals surface area contributed by atoms with E-state index in [-0.39, 0.29) is 51.0 Å². The molecule has 0 nitrogen and oxygen atoms in total. The Hall–Kier alpha value is -0.877. The molecule has 0 bridgehead atoms. The molecule has 122 valence electrons. The average Bonchev–Trinajstić information content (AvgIpc) is 3.15. The summed E-state index contributed by atoms with van der Waals surface area (Å²) in [6, 6.07) is 18.1. The van der Waals surface area contributed by atoms with Crippen LogP contribution in [0.4, 0.5) is 0 Å². The van der Waals surface area contributed by atoms with E-state index >= 15 is 0 Å². The molecule has 0 aromatic heterocycles. The van der Waals surface area contributed by atoms with Crippen LogP contribution in [-0.4, -0.2) is 0 Å². The largest absolute Gasteiger partial charge is 2.00 e. The molecule has 0 spiro atoms. The second kappa shape index (κ2) is 10.9. The van der Waals surface area contributed by atoms with Gasteiger partial charge in [-0.3, -0.25) is 0 Å². The Morgan fingerprint density at radius 2 is 1.67 bits per heavy atom. The van der Waals surface area contributed by atoms with Crippen molar-refractivity contribution in [3.8, 4) is 11.1 Å². The average molecular weight is 435 g/mol. The zero-order valence-corrected chi connectivity index (χ0v) is 17.9. The molecule has 2 aromatic rings. The Kier molecular flexibility index (Phi) is 10.5. The van der Waals surface area contributed by atoms with Crippen LogP contribution in [0.1, 0.15) is 25.0 Å². The van der Waals surface area contributed by atoms with Gasteiger partial charge in [-0.05, 0) is 6.42 Å². The van der Waals surface area contributed by atoms with Crippen LogP contribution >= 0.6 is 24.8 Å². The molecule has 0 fully saturated rings. The van der Waals surface area contributed by atoms with Crippen LogP contribution in [-0.2, 0) is 32.6 Å². The second-order valence-corrected chi connectivity index (χ2v) is 5.48. The van der Waals surface area contributed by atoms with E-state index in [2.05, 4.69) is 68.5 Å². The van der Waals surface area contributed by atoms with E-state index < -0.39 is 0 Å². The van der Waals surface area contributed by atoms with Crippen molar-refractivity contribution in [2.45, 2.75) is 20.3 Å². The Balaban J connectivity index is 0.000000429. The summed E-state index contributed by atoms with van der Waals surface area (Å²) in [7, 11) is 0. The van der Waals surface area contributed by atoms with Gasteiger partial charge in [0.15, 0.2) is 0 Å². The fourth-order valence-corrected chi connectivity index (χ4v) is 2.64. The fourth-order valence-electron chi connectivity index (χ4n) is 2.64. The van der Waals surface area contributed by atoms with Gasteiger partial charge in [-0.15, -0.1) is 42.0 Å². The minimum atomic E-state index is 0. The third-order valence-electron chi connectivity index (χ3n) is 3.75. The van der Waals surface area contributed by atoms with Gasteiger partial charge in [0.25, 0.3) is 0 Å². The smallest absolute Gasteiger partial charge is 0.179 e. The van der Waals surface area contributed by atoms with Gasteiger partial charge in [0.2, 0.25) is 0 Å². The van der Waals surface area contributed by atoms with E-state index in [9.17, 15) is 0 Å². The zero-order valence-electron chi connectivity index (χ0n) is 13.8. The molecule has 24 heavy (non-hydrogen) atoms. The molecule has 0 atom stereocenters. The molecule has 0 N–H and O–H groups in total. The number of hydrogen-bond donors (Lipinski definition) is 0. The molecule has 0 saturated carbocycles. The van der Waals surface area contributed by atoms with Gasteiger partial charge in [-0.1, -0.05) is 49.2 Å². The summed E-state index contributed by atoms with van der Waals surface area (Å²) in [6.45, 7) is 4.18. The van der Waals surface area contributed by atoms with Gasteiger partial charge in [0.1, 0.15) is 0 Å². The van der Waals surface area contributed by atoms with Crippen molar-refractivity contribution < 1.29 is 26.2 Å². The van der Waals surface area contributed by atoms with Gasteiger partial charge >= 0.3 is 26.2 Å². The first-order valence-corrected chi connectivity index (χ1v) is 7.27. The number of allylic oxidation sites excluding steroid dienone is 6. The second-order valence-electron chi connectivity index (χ2n) is 5.48. The minimum Gasteiger partial charge on any atom is -0.179 e. The number of hydrogen-bond acceptors (Lipinski definition) is 0. The van der Waals surface area contributed by atoms with Gasteiger partial charge in [-0.25, -0.2) is 0 Å². The predicted octanol–water partition coefficient (Wildman–Crippen LogP) is 6.15. The summed E-state index contributed by atoms with van der Waals surface area (Å²) < 4.78 is 0. The van der Waals surface area contributed by atoms with E-state index in [0.717, 1.165) is 6.42 Å². The Labute approximate surface area is 176 Å². The number of fused-ring (bicyclic) bond motifs is 3. The van der Waals surface area contributed by atoms with Gasteiger partial charge in [-0.2, -0.15) is 53.6 Å². The van der Waals surface area contributed by atoms with Gasteiger partial charge < -0.3 is 0 Å². The third kappa shape index (κ3) is 5.31. The summed E-state index contributed by atoms with van der Waals surface area (Å²) in [6.07, 6.45) is 10.1. The van der Waals surface area contributed by atoms with Crippen LogP contribution in [0.3, 0.4) is 0 Å². The van der Waals surface area contributed by atoms with Crippen molar-refractivity contribution >= 4 is 24.8 Å². The molecule has 0 amide bonds. The summed E-state index contributed by atoms with van der Waals surface area (Å²) in [5.74, 6) is 0. The third-order valence-corrected chi connectivity index (χ3v) is 3.75. The maximum atomic E-state index is 3.30. The summed E-state index contributed by atoms with van der Waals surface area (Å²) >= 11 is 0. The van der Waals surface area contributed by atoms with Crippen LogP contribution in [0.25, 0.3) is 11.1 Å². The first-order valence-electron chi connectivity index (χ1n) is 7.27. The first kappa shape index (κ1) is 23.1. The quantitative estimate of drug-likeness (QED) is 0.372. The van der Waals surface area contributed by atoms with E-state index in [0.29, 0.717) is 0 Å². The zero-order chi connectivity index (χ0) is 14.7. The fraction of sp³-hybridized carbons (Fsp3) is 0.143. The Bertz CT molecular complexity index is 696. The van der Waals surface area contributed by atoms with E-state index in [1.165, 1.54) is 33.4 Å². The standard InChI is InChI=1S/C13H9.C8H9.2ClH.Zr/c1-3-7-12-10(5-1)9-11-6-2-4-8-13(11)12;1-7(2)8-5-3-4-6-8;;;/h1-5,7-8H,9H2;3-5H,1-2H3;2*1H;/q2*-1;;;+2. The Morgan fingerprint density at radius 1 is 0.958 bits per heavy atom. The number of halogens is 2. The van der Waals surface area contributed by atoms with Crippen molar-refractivity contribution in [2.75, 3.05) is 0 Å². The summed E-state index contributed by atoms with van der Waals surface area (Å²) in [5.41, 5.74) is 8.07. The first-order chi connectivity index (χ1) is 10.3. The van der Waals surface area contributed by atoms with Crippen molar-refractivity contribution in [1.82, 2.24) is 0 Å². The van der Waals surface area contributed by atoms with Gasteiger partial charge in [0.05, 0.1) is 0 Å². The monoisotopic (exact) mass is 432 g/mol. The molecule has 2 aromatic carbocycles. The molecule has 0 heterocycles. The SMILES string of the molecule is CC(C)=C1[C-]=CC=C1.Cl.Cl.[Zr+2].[c-]1cccc2c1Cc1ccccc1-2. The van der Waals surface area contributed by atoms with Crippen LogP contribution in [0.2, 0.25) is 0 Å². The topological polar surface area (TPSA) is 0 Å². The molecule has 0 unspecified atom stereocenters.